The van der Waals surface area contributed by atoms with Crippen LogP contribution in [-0.2, 0) is 19.1 Å². The largest absolute Gasteiger partial charge is 0.459 e. The predicted octanol–water partition coefficient (Wildman–Crippen LogP) is 1.70. The van der Waals surface area contributed by atoms with Gasteiger partial charge in [-0.15, -0.1) is 0 Å². The summed E-state index contributed by atoms with van der Waals surface area (Å²) in [6, 6.07) is 3.11. The molecule has 5 fully saturated rings. The number of epoxide rings is 1. The van der Waals surface area contributed by atoms with Crippen molar-refractivity contribution in [2.75, 3.05) is 0 Å². The Morgan fingerprint density at radius 3 is 2.70 bits per heavy atom. The van der Waals surface area contributed by atoms with Crippen molar-refractivity contribution in [3.05, 3.63) is 34.4 Å². The molecule has 8 nitrogen and oxygen atoms in total. The molecule has 2 heterocycles. The highest BCUT2D eigenvalue weighted by Crippen LogP contribution is 2.76. The molecule has 0 aromatic carbocycles. The molecular weight excluding hydrogens is 428 g/mol. The van der Waals surface area contributed by atoms with Crippen molar-refractivity contribution in [2.24, 2.45) is 23.2 Å². The molecule has 8 heteroatoms. The lowest BCUT2D eigenvalue weighted by molar-refractivity contribution is -0.152. The van der Waals surface area contributed by atoms with E-state index >= 15 is 0 Å². The van der Waals surface area contributed by atoms with Crippen LogP contribution in [0.3, 0.4) is 0 Å². The quantitative estimate of drug-likeness (QED) is 0.507. The molecule has 10 atom stereocenters. The summed E-state index contributed by atoms with van der Waals surface area (Å²) in [4.78, 5) is 37.3. The maximum Gasteiger partial charge on any atom is 0.335 e. The van der Waals surface area contributed by atoms with Crippen molar-refractivity contribution in [1.82, 2.24) is 0 Å². The van der Waals surface area contributed by atoms with Gasteiger partial charge in [-0.25, -0.2) is 4.79 Å². The maximum absolute atomic E-state index is 13.7. The Morgan fingerprint density at radius 1 is 1.21 bits per heavy atom. The average Bonchev–Trinajstić information content (AvgIpc) is 3.38. The smallest absolute Gasteiger partial charge is 0.335 e. The Kier molecular flexibility index (Phi) is 4.41. The molecule has 2 N–H and O–H groups in total. The number of esters is 1. The summed E-state index contributed by atoms with van der Waals surface area (Å²) in [7, 11) is 0. The second-order valence-electron chi connectivity index (χ2n) is 11.1. The lowest BCUT2D eigenvalue weighted by atomic mass is 9.54. The molecule has 0 unspecified atom stereocenters. The number of rotatable bonds is 2. The zero-order chi connectivity index (χ0) is 23.3. The summed E-state index contributed by atoms with van der Waals surface area (Å²) in [5.41, 5.74) is -1.89. The zero-order valence-corrected chi connectivity index (χ0v) is 18.9. The molecule has 4 aliphatic carbocycles. The third-order valence-electron chi connectivity index (χ3n) is 9.63. The molecular formula is C25H30O8. The van der Waals surface area contributed by atoms with Crippen LogP contribution in [0.2, 0.25) is 0 Å². The van der Waals surface area contributed by atoms with Crippen LogP contribution in [0.1, 0.15) is 63.9 Å². The Labute approximate surface area is 191 Å². The number of fused-ring (bicyclic) bond motifs is 2. The summed E-state index contributed by atoms with van der Waals surface area (Å²) in [5, 5.41) is 21.4. The SMILES string of the molecule is CC(=O)O[C@H]1[C@H]2O[C@]23[C@@H]2CC[C@@]4(O)C[C@@H](O)C[C@H]4C(=O)[C@H]2CC[C@]3(C)[C@H]1c1ccc(=O)oc1. The topological polar surface area (TPSA) is 127 Å². The minimum absolute atomic E-state index is 0.0421. The molecule has 6 rings (SSSR count). The van der Waals surface area contributed by atoms with E-state index in [-0.39, 0.29) is 36.1 Å². The molecule has 0 radical (unpaired) electrons. The summed E-state index contributed by atoms with van der Waals surface area (Å²) in [6.07, 6.45) is 2.87. The fraction of sp³-hybridized carbons (Fsp3) is 0.720. The molecule has 5 aliphatic rings. The Bertz CT molecular complexity index is 1060. The molecule has 1 saturated heterocycles. The van der Waals surface area contributed by atoms with E-state index in [1.54, 1.807) is 6.07 Å². The van der Waals surface area contributed by atoms with Gasteiger partial charge in [0.25, 0.3) is 0 Å². The average molecular weight is 459 g/mol. The second kappa shape index (κ2) is 6.77. The van der Waals surface area contributed by atoms with E-state index in [9.17, 15) is 24.6 Å². The normalized spacial score (nSPS) is 49.9. The van der Waals surface area contributed by atoms with Crippen LogP contribution in [0.5, 0.6) is 0 Å². The van der Waals surface area contributed by atoms with Crippen molar-refractivity contribution in [3.63, 3.8) is 0 Å². The minimum atomic E-state index is -1.17. The number of aliphatic hydroxyl groups excluding tert-OH is 1. The monoisotopic (exact) mass is 458 g/mol. The summed E-state index contributed by atoms with van der Waals surface area (Å²) >= 11 is 0. The minimum Gasteiger partial charge on any atom is -0.459 e. The molecule has 1 aromatic rings. The van der Waals surface area contributed by atoms with E-state index < -0.39 is 46.3 Å². The van der Waals surface area contributed by atoms with E-state index in [4.69, 9.17) is 13.9 Å². The molecule has 178 valence electrons. The number of hydrogen-bond donors (Lipinski definition) is 2. The number of Topliss-reactive ketones (excluding diaryl/α,β-unsaturated/α-hetero) is 1. The Balaban J connectivity index is 1.42. The number of carbonyl (C=O) groups excluding carboxylic acids is 2. The molecule has 33 heavy (non-hydrogen) atoms. The molecule has 1 aromatic heterocycles. The van der Waals surface area contributed by atoms with Gasteiger partial charge in [-0.05, 0) is 43.7 Å². The first-order valence-corrected chi connectivity index (χ1v) is 12.0. The zero-order valence-electron chi connectivity index (χ0n) is 18.9. The second-order valence-corrected chi connectivity index (χ2v) is 11.1. The first kappa shape index (κ1) is 21.5. The van der Waals surface area contributed by atoms with Crippen molar-refractivity contribution < 1.29 is 33.7 Å². The van der Waals surface area contributed by atoms with Gasteiger partial charge in [0.1, 0.15) is 23.6 Å². The van der Waals surface area contributed by atoms with E-state index in [1.807, 2.05) is 0 Å². The van der Waals surface area contributed by atoms with Crippen molar-refractivity contribution in [3.8, 4) is 0 Å². The number of carbonyl (C=O) groups is 2. The van der Waals surface area contributed by atoms with Gasteiger partial charge in [0, 0.05) is 48.5 Å². The highest BCUT2D eigenvalue weighted by Gasteiger charge is 2.84. The van der Waals surface area contributed by atoms with Gasteiger partial charge in [0.2, 0.25) is 0 Å². The molecule has 0 bridgehead atoms. The standard InChI is InChI=1S/C25H30O8/c1-12(26)32-21-19(13-3-4-18(28)31-11-13)23(2)7-5-15-16(25(23)22(21)33-25)6-8-24(30)10-14(27)9-17(24)20(15)29/h3-4,11,14-17,19,21-22,27,30H,5-10H2,1-2H3/t14-,15-,16+,17-,19-,21+,22+,23+,24+,25+/m0/s1. The van der Waals surface area contributed by atoms with Crippen molar-refractivity contribution in [2.45, 2.75) is 87.8 Å². The fourth-order valence-electron chi connectivity index (χ4n) is 8.38. The van der Waals surface area contributed by atoms with Gasteiger partial charge < -0.3 is 24.1 Å². The van der Waals surface area contributed by atoms with E-state index in [0.717, 1.165) is 5.56 Å². The lowest BCUT2D eigenvalue weighted by Gasteiger charge is -2.49. The van der Waals surface area contributed by atoms with Crippen molar-refractivity contribution >= 4 is 11.8 Å². The van der Waals surface area contributed by atoms with Crippen molar-refractivity contribution in [1.29, 1.82) is 0 Å². The van der Waals surface area contributed by atoms with Crippen LogP contribution in [0.25, 0.3) is 0 Å². The van der Waals surface area contributed by atoms with E-state index in [1.165, 1.54) is 19.3 Å². The van der Waals surface area contributed by atoms with Gasteiger partial charge >= 0.3 is 11.6 Å². The summed E-state index contributed by atoms with van der Waals surface area (Å²) in [5.74, 6) is -1.47. The van der Waals surface area contributed by atoms with Gasteiger partial charge in [0.05, 0.1) is 18.0 Å². The van der Waals surface area contributed by atoms with Crippen LogP contribution in [0.4, 0.5) is 0 Å². The first-order chi connectivity index (χ1) is 15.6. The van der Waals surface area contributed by atoms with Gasteiger partial charge in [-0.1, -0.05) is 6.92 Å². The fourth-order valence-corrected chi connectivity index (χ4v) is 8.38. The Morgan fingerprint density at radius 2 is 2.00 bits per heavy atom. The number of ketones is 1. The highest BCUT2D eigenvalue weighted by atomic mass is 16.7. The lowest BCUT2D eigenvalue weighted by Crippen LogP contribution is -2.52. The highest BCUT2D eigenvalue weighted by molar-refractivity contribution is 5.86. The molecule has 0 amide bonds. The van der Waals surface area contributed by atoms with Crippen LogP contribution < -0.4 is 5.63 Å². The van der Waals surface area contributed by atoms with Crippen LogP contribution in [0.15, 0.2) is 27.6 Å². The molecule has 1 aliphatic heterocycles. The third-order valence-corrected chi connectivity index (χ3v) is 9.63. The predicted molar refractivity (Wildman–Crippen MR) is 113 cm³/mol. The third kappa shape index (κ3) is 2.71. The summed E-state index contributed by atoms with van der Waals surface area (Å²) < 4.78 is 17.4. The van der Waals surface area contributed by atoms with Gasteiger partial charge in [-0.3, -0.25) is 9.59 Å². The number of hydrogen-bond acceptors (Lipinski definition) is 8. The van der Waals surface area contributed by atoms with Gasteiger partial charge in [0.15, 0.2) is 0 Å². The van der Waals surface area contributed by atoms with E-state index in [2.05, 4.69) is 6.92 Å². The van der Waals surface area contributed by atoms with E-state index in [0.29, 0.717) is 32.1 Å². The molecule has 1 spiro atoms. The summed E-state index contributed by atoms with van der Waals surface area (Å²) in [6.45, 7) is 3.51. The van der Waals surface area contributed by atoms with Crippen LogP contribution >= 0.6 is 0 Å². The van der Waals surface area contributed by atoms with Crippen LogP contribution in [-0.4, -0.2) is 51.5 Å². The molecule has 4 saturated carbocycles. The number of ether oxygens (including phenoxy) is 2. The number of aliphatic hydroxyl groups is 2. The van der Waals surface area contributed by atoms with Gasteiger partial charge in [-0.2, -0.15) is 0 Å². The Hall–Kier alpha value is -2.03. The first-order valence-electron chi connectivity index (χ1n) is 12.0. The van der Waals surface area contributed by atoms with Crippen LogP contribution in [0, 0.1) is 23.2 Å². The maximum atomic E-state index is 13.7.